The van der Waals surface area contributed by atoms with Gasteiger partial charge in [0, 0.05) is 0 Å². The first kappa shape index (κ1) is 11.0. The van der Waals surface area contributed by atoms with Crippen LogP contribution in [0, 0.1) is 0 Å². The van der Waals surface area contributed by atoms with Crippen molar-refractivity contribution in [2.75, 3.05) is 0 Å². The summed E-state index contributed by atoms with van der Waals surface area (Å²) in [6.07, 6.45) is 0. The fraction of sp³-hybridized carbons (Fsp3) is 0.333. The second-order valence-corrected chi connectivity index (χ2v) is 3.53. The fourth-order valence-corrected chi connectivity index (χ4v) is 1.06. The molecule has 0 aliphatic carbocycles. The predicted octanol–water partition coefficient (Wildman–Crippen LogP) is 0.262. The van der Waals surface area contributed by atoms with Crippen molar-refractivity contribution < 1.29 is 19.8 Å². The first-order valence-electron chi connectivity index (χ1n) is 4.25. The van der Waals surface area contributed by atoms with Crippen LogP contribution < -0.4 is 4.65 Å². The van der Waals surface area contributed by atoms with Gasteiger partial charge in [-0.2, -0.15) is 0 Å². The SMILES string of the molecule is CC(C)(O)c1ccc(OB(O)O)cc1. The van der Waals surface area contributed by atoms with Crippen molar-refractivity contribution >= 4 is 7.32 Å². The molecular weight excluding hydrogens is 183 g/mol. The van der Waals surface area contributed by atoms with Gasteiger partial charge in [-0.15, -0.1) is 0 Å². The molecule has 0 spiro atoms. The van der Waals surface area contributed by atoms with Gasteiger partial charge in [-0.25, -0.2) is 0 Å². The van der Waals surface area contributed by atoms with Crippen LogP contribution in [0.3, 0.4) is 0 Å². The zero-order valence-corrected chi connectivity index (χ0v) is 8.14. The maximum absolute atomic E-state index is 9.62. The van der Waals surface area contributed by atoms with Crippen LogP contribution in [0.25, 0.3) is 0 Å². The lowest BCUT2D eigenvalue weighted by Gasteiger charge is -2.17. The third kappa shape index (κ3) is 3.03. The lowest BCUT2D eigenvalue weighted by molar-refractivity contribution is 0.0786. The van der Waals surface area contributed by atoms with E-state index in [9.17, 15) is 5.11 Å². The Morgan fingerprint density at radius 2 is 1.64 bits per heavy atom. The zero-order valence-electron chi connectivity index (χ0n) is 8.14. The van der Waals surface area contributed by atoms with E-state index >= 15 is 0 Å². The van der Waals surface area contributed by atoms with Crippen molar-refractivity contribution in [1.82, 2.24) is 0 Å². The number of benzene rings is 1. The normalized spacial score (nSPS) is 11.2. The molecule has 0 aromatic heterocycles. The summed E-state index contributed by atoms with van der Waals surface area (Å²) >= 11 is 0. The predicted molar refractivity (Wildman–Crippen MR) is 52.5 cm³/mol. The summed E-state index contributed by atoms with van der Waals surface area (Å²) in [4.78, 5) is 0. The van der Waals surface area contributed by atoms with E-state index in [0.29, 0.717) is 5.75 Å². The standard InChI is InChI=1S/C9H13BO4/c1-9(2,11)7-3-5-8(6-4-7)14-10(12)13/h3-6,11-13H,1-2H3. The molecule has 0 saturated heterocycles. The zero-order chi connectivity index (χ0) is 10.8. The van der Waals surface area contributed by atoms with Crippen molar-refractivity contribution in [2.45, 2.75) is 19.4 Å². The third-order valence-corrected chi connectivity index (χ3v) is 1.80. The van der Waals surface area contributed by atoms with E-state index in [-0.39, 0.29) is 0 Å². The van der Waals surface area contributed by atoms with Crippen molar-refractivity contribution in [3.63, 3.8) is 0 Å². The molecular formula is C9H13BO4. The van der Waals surface area contributed by atoms with Crippen LogP contribution >= 0.6 is 0 Å². The largest absolute Gasteiger partial charge is 0.707 e. The second-order valence-electron chi connectivity index (χ2n) is 3.53. The van der Waals surface area contributed by atoms with Gasteiger partial charge in [0.2, 0.25) is 0 Å². The summed E-state index contributed by atoms with van der Waals surface area (Å²) in [7, 11) is -1.82. The van der Waals surface area contributed by atoms with Crippen LogP contribution in [-0.4, -0.2) is 22.5 Å². The Balaban J connectivity index is 2.79. The molecule has 76 valence electrons. The smallest absolute Gasteiger partial charge is 0.512 e. The molecule has 0 bridgehead atoms. The Bertz CT molecular complexity index is 289. The molecule has 0 aliphatic heterocycles. The Morgan fingerprint density at radius 1 is 1.14 bits per heavy atom. The molecule has 4 nitrogen and oxygen atoms in total. The molecule has 0 atom stereocenters. The van der Waals surface area contributed by atoms with Crippen LogP contribution in [0.2, 0.25) is 0 Å². The molecule has 0 radical (unpaired) electrons. The quantitative estimate of drug-likeness (QED) is 0.606. The van der Waals surface area contributed by atoms with E-state index in [1.807, 2.05) is 0 Å². The molecule has 0 fully saturated rings. The summed E-state index contributed by atoms with van der Waals surface area (Å²) in [6, 6.07) is 6.45. The third-order valence-electron chi connectivity index (χ3n) is 1.80. The van der Waals surface area contributed by atoms with Gasteiger partial charge < -0.3 is 19.8 Å². The second kappa shape index (κ2) is 4.00. The Hall–Kier alpha value is -1.04. The van der Waals surface area contributed by atoms with E-state index in [1.165, 1.54) is 0 Å². The first-order valence-corrected chi connectivity index (χ1v) is 4.25. The highest BCUT2D eigenvalue weighted by Gasteiger charge is 2.16. The van der Waals surface area contributed by atoms with Crippen molar-refractivity contribution in [3.05, 3.63) is 29.8 Å². The van der Waals surface area contributed by atoms with Crippen LogP contribution in [-0.2, 0) is 5.60 Å². The van der Waals surface area contributed by atoms with Gasteiger partial charge in [0.25, 0.3) is 0 Å². The lowest BCUT2D eigenvalue weighted by atomic mass is 9.98. The topological polar surface area (TPSA) is 69.9 Å². The molecule has 0 saturated carbocycles. The molecule has 14 heavy (non-hydrogen) atoms. The Kier molecular flexibility index (Phi) is 3.15. The van der Waals surface area contributed by atoms with E-state index in [1.54, 1.807) is 38.1 Å². The van der Waals surface area contributed by atoms with Gasteiger partial charge in [0.1, 0.15) is 5.75 Å². The summed E-state index contributed by atoms with van der Waals surface area (Å²) < 4.78 is 4.61. The number of aliphatic hydroxyl groups is 1. The van der Waals surface area contributed by atoms with Gasteiger partial charge in [0.15, 0.2) is 0 Å². The molecule has 0 amide bonds. The fourth-order valence-electron chi connectivity index (χ4n) is 1.06. The van der Waals surface area contributed by atoms with Gasteiger partial charge in [-0.1, -0.05) is 12.1 Å². The minimum Gasteiger partial charge on any atom is -0.512 e. The monoisotopic (exact) mass is 196 g/mol. The van der Waals surface area contributed by atoms with Crippen LogP contribution in [0.4, 0.5) is 0 Å². The van der Waals surface area contributed by atoms with Gasteiger partial charge in [0.05, 0.1) is 5.60 Å². The lowest BCUT2D eigenvalue weighted by Crippen LogP contribution is -2.20. The summed E-state index contributed by atoms with van der Waals surface area (Å²) in [5, 5.41) is 26.7. The molecule has 0 heterocycles. The minimum absolute atomic E-state index is 0.341. The van der Waals surface area contributed by atoms with E-state index in [2.05, 4.69) is 4.65 Å². The van der Waals surface area contributed by atoms with Crippen molar-refractivity contribution in [2.24, 2.45) is 0 Å². The van der Waals surface area contributed by atoms with Crippen molar-refractivity contribution in [1.29, 1.82) is 0 Å². The van der Waals surface area contributed by atoms with Crippen molar-refractivity contribution in [3.8, 4) is 5.75 Å². The molecule has 3 N–H and O–H groups in total. The first-order chi connectivity index (χ1) is 6.39. The molecule has 5 heteroatoms. The average molecular weight is 196 g/mol. The number of rotatable bonds is 3. The summed E-state index contributed by atoms with van der Waals surface area (Å²) in [6.45, 7) is 3.34. The highest BCUT2D eigenvalue weighted by atomic mass is 16.6. The molecule has 1 aromatic rings. The number of hydrogen-bond donors (Lipinski definition) is 3. The minimum atomic E-state index is -1.82. The van der Waals surface area contributed by atoms with E-state index < -0.39 is 12.9 Å². The maximum Gasteiger partial charge on any atom is 0.707 e. The van der Waals surface area contributed by atoms with Crippen LogP contribution in [0.5, 0.6) is 5.75 Å². The van der Waals surface area contributed by atoms with Gasteiger partial charge in [-0.3, -0.25) is 0 Å². The summed E-state index contributed by atoms with van der Waals surface area (Å²) in [5.41, 5.74) is -0.173. The highest BCUT2D eigenvalue weighted by Crippen LogP contribution is 2.22. The Labute approximate surface area is 82.9 Å². The maximum atomic E-state index is 9.62. The van der Waals surface area contributed by atoms with E-state index in [0.717, 1.165) is 5.56 Å². The molecule has 1 rings (SSSR count). The molecule has 0 unspecified atom stereocenters. The highest BCUT2D eigenvalue weighted by molar-refractivity contribution is 6.33. The Morgan fingerprint density at radius 3 is 2.00 bits per heavy atom. The van der Waals surface area contributed by atoms with Crippen LogP contribution in [0.15, 0.2) is 24.3 Å². The molecule has 0 aliphatic rings. The van der Waals surface area contributed by atoms with E-state index in [4.69, 9.17) is 10.0 Å². The van der Waals surface area contributed by atoms with Gasteiger partial charge in [-0.05, 0) is 31.5 Å². The molecule has 1 aromatic carbocycles. The average Bonchev–Trinajstić information content (AvgIpc) is 2.02. The van der Waals surface area contributed by atoms with Crippen LogP contribution in [0.1, 0.15) is 19.4 Å². The number of hydrogen-bond acceptors (Lipinski definition) is 4. The summed E-state index contributed by atoms with van der Waals surface area (Å²) in [5.74, 6) is 0.341. The van der Waals surface area contributed by atoms with Gasteiger partial charge >= 0.3 is 7.32 Å².